The molecule has 0 aromatic heterocycles. The lowest BCUT2D eigenvalue weighted by Crippen LogP contribution is -2.42. The quantitative estimate of drug-likeness (QED) is 0.429. The van der Waals surface area contributed by atoms with Crippen LogP contribution in [-0.4, -0.2) is 44.5 Å². The maximum Gasteiger partial charge on any atom is 0.188 e. The van der Waals surface area contributed by atoms with Crippen LogP contribution in [-0.2, 0) is 9.47 Å². The molecule has 0 aromatic rings. The minimum Gasteiger partial charge on any atom is -0.383 e. The zero-order valence-electron chi connectivity index (χ0n) is 12.0. The van der Waals surface area contributed by atoms with Crippen LogP contribution in [0.1, 0.15) is 33.1 Å². The van der Waals surface area contributed by atoms with E-state index in [-0.39, 0.29) is 35.4 Å². The van der Waals surface area contributed by atoms with E-state index in [1.165, 1.54) is 12.8 Å². The first-order chi connectivity index (χ1) is 8.53. The molecule has 0 radical (unpaired) electrons. The average Bonchev–Trinajstić information content (AvgIpc) is 2.87. The van der Waals surface area contributed by atoms with Crippen molar-refractivity contribution in [1.82, 2.24) is 5.32 Å². The third-order valence-electron chi connectivity index (χ3n) is 4.00. The molecule has 0 aromatic carbocycles. The van der Waals surface area contributed by atoms with Crippen LogP contribution in [0.3, 0.4) is 0 Å². The average molecular weight is 383 g/mol. The fraction of sp³-hybridized carbons (Fsp3) is 0.923. The SMILES string of the molecule is COCC(C)NC(N)=NCC1(C)CC2CCC1O2.I. The zero-order valence-corrected chi connectivity index (χ0v) is 14.3. The standard InChI is InChI=1S/C13H25N3O2.HI/c1-9(7-17-3)16-12(14)15-8-13(2)6-10-4-5-11(13)18-10;/h9-11H,4-8H2,1-3H3,(H3,14,15,16);1H. The molecule has 0 spiro atoms. The number of ether oxygens (including phenoxy) is 2. The molecule has 112 valence electrons. The predicted octanol–water partition coefficient (Wildman–Crippen LogP) is 1.50. The molecule has 2 aliphatic rings. The summed E-state index contributed by atoms with van der Waals surface area (Å²) in [6.07, 6.45) is 4.32. The molecule has 2 fully saturated rings. The van der Waals surface area contributed by atoms with Gasteiger partial charge in [-0.1, -0.05) is 6.92 Å². The number of rotatable bonds is 5. The van der Waals surface area contributed by atoms with Gasteiger partial charge in [-0.2, -0.15) is 0 Å². The Balaban J connectivity index is 0.00000180. The number of hydrogen-bond donors (Lipinski definition) is 2. The molecule has 0 saturated carbocycles. The van der Waals surface area contributed by atoms with Gasteiger partial charge >= 0.3 is 0 Å². The summed E-state index contributed by atoms with van der Waals surface area (Å²) < 4.78 is 10.9. The van der Waals surface area contributed by atoms with Gasteiger partial charge in [0.25, 0.3) is 0 Å². The Kier molecular flexibility index (Phi) is 6.32. The van der Waals surface area contributed by atoms with Gasteiger partial charge in [-0.25, -0.2) is 0 Å². The Bertz CT molecular complexity index is 327. The fourth-order valence-corrected chi connectivity index (χ4v) is 3.04. The number of halogens is 1. The van der Waals surface area contributed by atoms with Gasteiger partial charge in [-0.05, 0) is 26.2 Å². The second kappa shape index (κ2) is 7.08. The van der Waals surface area contributed by atoms with Crippen molar-refractivity contribution < 1.29 is 9.47 Å². The summed E-state index contributed by atoms with van der Waals surface area (Å²) in [5, 5.41) is 3.13. The number of nitrogens with two attached hydrogens (primary N) is 1. The van der Waals surface area contributed by atoms with E-state index < -0.39 is 0 Å². The van der Waals surface area contributed by atoms with Gasteiger partial charge in [0.1, 0.15) is 0 Å². The molecule has 2 rings (SSSR count). The van der Waals surface area contributed by atoms with E-state index >= 15 is 0 Å². The van der Waals surface area contributed by atoms with E-state index in [1.54, 1.807) is 7.11 Å². The van der Waals surface area contributed by atoms with E-state index in [9.17, 15) is 0 Å². The fourth-order valence-electron chi connectivity index (χ4n) is 3.04. The second-order valence-electron chi connectivity index (χ2n) is 5.88. The molecule has 4 unspecified atom stereocenters. The molecule has 5 nitrogen and oxygen atoms in total. The molecular weight excluding hydrogens is 357 g/mol. The summed E-state index contributed by atoms with van der Waals surface area (Å²) >= 11 is 0. The van der Waals surface area contributed by atoms with E-state index in [1.807, 2.05) is 6.92 Å². The van der Waals surface area contributed by atoms with E-state index in [4.69, 9.17) is 15.2 Å². The number of nitrogens with zero attached hydrogens (tertiary/aromatic N) is 1. The minimum atomic E-state index is 0. The Morgan fingerprint density at radius 2 is 2.32 bits per heavy atom. The number of nitrogens with one attached hydrogen (secondary N) is 1. The Morgan fingerprint density at radius 3 is 2.84 bits per heavy atom. The first kappa shape index (κ1) is 17.0. The van der Waals surface area contributed by atoms with Crippen LogP contribution < -0.4 is 11.1 Å². The topological polar surface area (TPSA) is 68.9 Å². The van der Waals surface area contributed by atoms with Crippen LogP contribution in [0.4, 0.5) is 0 Å². The molecule has 19 heavy (non-hydrogen) atoms. The lowest BCUT2D eigenvalue weighted by molar-refractivity contribution is 0.0706. The maximum absolute atomic E-state index is 5.89. The molecule has 2 aliphatic heterocycles. The molecule has 2 heterocycles. The first-order valence-electron chi connectivity index (χ1n) is 6.74. The van der Waals surface area contributed by atoms with Gasteiger partial charge in [0.05, 0.1) is 25.4 Å². The highest BCUT2D eigenvalue weighted by molar-refractivity contribution is 14.0. The maximum atomic E-state index is 5.89. The summed E-state index contributed by atoms with van der Waals surface area (Å²) in [7, 11) is 1.68. The van der Waals surface area contributed by atoms with Crippen LogP contribution in [0, 0.1) is 5.41 Å². The highest BCUT2D eigenvalue weighted by atomic mass is 127. The lowest BCUT2D eigenvalue weighted by Gasteiger charge is -2.29. The largest absolute Gasteiger partial charge is 0.383 e. The highest BCUT2D eigenvalue weighted by Gasteiger charge is 2.49. The number of fused-ring (bicyclic) bond motifs is 2. The number of aliphatic imine (C=N–C) groups is 1. The van der Waals surface area contributed by atoms with Crippen LogP contribution in [0.5, 0.6) is 0 Å². The summed E-state index contributed by atoms with van der Waals surface area (Å²) in [4.78, 5) is 4.47. The van der Waals surface area contributed by atoms with Crippen molar-refractivity contribution in [2.75, 3.05) is 20.3 Å². The summed E-state index contributed by atoms with van der Waals surface area (Å²) in [5.74, 6) is 0.503. The van der Waals surface area contributed by atoms with Gasteiger partial charge in [0.2, 0.25) is 0 Å². The van der Waals surface area contributed by atoms with Crippen LogP contribution in [0.2, 0.25) is 0 Å². The first-order valence-corrected chi connectivity index (χ1v) is 6.74. The molecule has 3 N–H and O–H groups in total. The Labute approximate surface area is 132 Å². The molecule has 6 heteroatoms. The van der Waals surface area contributed by atoms with Crippen molar-refractivity contribution in [2.45, 2.75) is 51.4 Å². The Morgan fingerprint density at radius 1 is 1.58 bits per heavy atom. The van der Waals surface area contributed by atoms with Crippen molar-refractivity contribution >= 4 is 29.9 Å². The highest BCUT2D eigenvalue weighted by Crippen LogP contribution is 2.47. The van der Waals surface area contributed by atoms with Gasteiger partial charge < -0.3 is 20.5 Å². The predicted molar refractivity (Wildman–Crippen MR) is 87.0 cm³/mol. The molecule has 4 atom stereocenters. The van der Waals surface area contributed by atoms with E-state index in [0.29, 0.717) is 24.8 Å². The lowest BCUT2D eigenvalue weighted by atomic mass is 9.76. The summed E-state index contributed by atoms with van der Waals surface area (Å²) in [6, 6.07) is 0.183. The molecular formula is C13H26IN3O2. The third kappa shape index (κ3) is 4.19. The zero-order chi connectivity index (χ0) is 13.2. The minimum absolute atomic E-state index is 0. The summed E-state index contributed by atoms with van der Waals surface area (Å²) in [6.45, 7) is 5.65. The Hall–Kier alpha value is -0.0800. The van der Waals surface area contributed by atoms with Gasteiger partial charge in [0, 0.05) is 18.6 Å². The van der Waals surface area contributed by atoms with E-state index in [0.717, 1.165) is 13.0 Å². The molecule has 2 saturated heterocycles. The second-order valence-corrected chi connectivity index (χ2v) is 5.88. The monoisotopic (exact) mass is 383 g/mol. The van der Waals surface area contributed by atoms with Gasteiger partial charge in [-0.3, -0.25) is 4.99 Å². The van der Waals surface area contributed by atoms with Crippen molar-refractivity contribution in [2.24, 2.45) is 16.1 Å². The third-order valence-corrected chi connectivity index (χ3v) is 4.00. The van der Waals surface area contributed by atoms with Crippen molar-refractivity contribution in [3.8, 4) is 0 Å². The molecule has 0 amide bonds. The smallest absolute Gasteiger partial charge is 0.188 e. The van der Waals surface area contributed by atoms with Gasteiger partial charge in [0.15, 0.2) is 5.96 Å². The van der Waals surface area contributed by atoms with Gasteiger partial charge in [-0.15, -0.1) is 24.0 Å². The van der Waals surface area contributed by atoms with E-state index in [2.05, 4.69) is 17.2 Å². The van der Waals surface area contributed by atoms with Crippen molar-refractivity contribution in [3.05, 3.63) is 0 Å². The van der Waals surface area contributed by atoms with Crippen molar-refractivity contribution in [3.63, 3.8) is 0 Å². The molecule has 2 bridgehead atoms. The van der Waals surface area contributed by atoms with Crippen molar-refractivity contribution in [1.29, 1.82) is 0 Å². The normalized spacial score (nSPS) is 35.0. The van der Waals surface area contributed by atoms with Crippen LogP contribution >= 0.6 is 24.0 Å². The molecule has 0 aliphatic carbocycles. The van der Waals surface area contributed by atoms with Crippen LogP contribution in [0.25, 0.3) is 0 Å². The number of guanidine groups is 1. The number of hydrogen-bond acceptors (Lipinski definition) is 3. The van der Waals surface area contributed by atoms with Crippen LogP contribution in [0.15, 0.2) is 4.99 Å². The number of methoxy groups -OCH3 is 1. The summed E-state index contributed by atoms with van der Waals surface area (Å²) in [5.41, 5.74) is 6.05.